The van der Waals surface area contributed by atoms with Crippen molar-refractivity contribution < 1.29 is 4.79 Å². The Kier molecular flexibility index (Phi) is 3.07. The van der Waals surface area contributed by atoms with Gasteiger partial charge in [0.25, 0.3) is 0 Å². The Morgan fingerprint density at radius 2 is 2.15 bits per heavy atom. The Morgan fingerprint density at radius 3 is 2.69 bits per heavy atom. The third kappa shape index (κ3) is 3.17. The predicted molar refractivity (Wildman–Crippen MR) is 59.9 cm³/mol. The van der Waals surface area contributed by atoms with Crippen molar-refractivity contribution in [2.45, 2.75) is 19.6 Å². The summed E-state index contributed by atoms with van der Waals surface area (Å²) < 4.78 is 0. The van der Waals surface area contributed by atoms with Gasteiger partial charge in [-0.15, -0.1) is 16.9 Å². The summed E-state index contributed by atoms with van der Waals surface area (Å²) >= 11 is 1.53. The molecule has 0 aliphatic carbocycles. The number of rotatable bonds is 1. The van der Waals surface area contributed by atoms with Gasteiger partial charge in [-0.2, -0.15) is 0 Å². The number of hydrogen-bond donors (Lipinski definition) is 0. The lowest BCUT2D eigenvalue weighted by Gasteiger charge is -2.02. The minimum Gasteiger partial charge on any atom is -0.298 e. The molecule has 0 N–H and O–H groups in total. The zero-order chi connectivity index (χ0) is 9.90. The topological polar surface area (TPSA) is 17.1 Å². The molecule has 1 heterocycles. The van der Waals surface area contributed by atoms with Crippen LogP contribution >= 0.6 is 11.3 Å². The van der Waals surface area contributed by atoms with Crippen molar-refractivity contribution in [3.63, 3.8) is 0 Å². The molecule has 0 aromatic carbocycles. The zero-order valence-electron chi connectivity index (χ0n) is 8.05. The molecule has 0 amide bonds. The van der Waals surface area contributed by atoms with Gasteiger partial charge in [-0.1, -0.05) is 25.6 Å². The van der Waals surface area contributed by atoms with E-state index in [4.69, 9.17) is 0 Å². The van der Waals surface area contributed by atoms with Crippen molar-refractivity contribution in [1.29, 1.82) is 0 Å². The maximum atomic E-state index is 10.6. The lowest BCUT2D eigenvalue weighted by molar-refractivity contribution is 0.112. The van der Waals surface area contributed by atoms with Gasteiger partial charge in [0.1, 0.15) is 8.07 Å². The highest BCUT2D eigenvalue weighted by atomic mass is 32.1. The van der Waals surface area contributed by atoms with Crippen molar-refractivity contribution in [2.24, 2.45) is 0 Å². The van der Waals surface area contributed by atoms with Crippen molar-refractivity contribution in [2.75, 3.05) is 0 Å². The number of hydrogen-bond acceptors (Lipinski definition) is 2. The first kappa shape index (κ1) is 10.2. The minimum absolute atomic E-state index is 0.718. The van der Waals surface area contributed by atoms with Gasteiger partial charge in [-0.05, 0) is 11.4 Å². The van der Waals surface area contributed by atoms with Gasteiger partial charge >= 0.3 is 0 Å². The molecule has 0 fully saturated rings. The van der Waals surface area contributed by atoms with E-state index in [-0.39, 0.29) is 0 Å². The number of thiophene rings is 1. The van der Waals surface area contributed by atoms with E-state index in [1.54, 1.807) is 0 Å². The fourth-order valence-corrected chi connectivity index (χ4v) is 2.06. The van der Waals surface area contributed by atoms with E-state index in [0.29, 0.717) is 0 Å². The minimum atomic E-state index is -1.32. The van der Waals surface area contributed by atoms with Crippen LogP contribution in [0.2, 0.25) is 19.6 Å². The first-order valence-electron chi connectivity index (χ1n) is 4.09. The monoisotopic (exact) mass is 208 g/mol. The van der Waals surface area contributed by atoms with Crippen LogP contribution < -0.4 is 0 Å². The first-order chi connectivity index (χ1) is 6.03. The van der Waals surface area contributed by atoms with E-state index in [0.717, 1.165) is 16.7 Å². The van der Waals surface area contributed by atoms with E-state index < -0.39 is 8.07 Å². The summed E-state index contributed by atoms with van der Waals surface area (Å²) in [6, 6.07) is 1.81. The molecular formula is C10H12OSSi. The second-order valence-electron chi connectivity index (χ2n) is 3.82. The van der Waals surface area contributed by atoms with Gasteiger partial charge in [-0.3, -0.25) is 4.79 Å². The van der Waals surface area contributed by atoms with E-state index in [1.807, 2.05) is 11.4 Å². The van der Waals surface area contributed by atoms with Crippen LogP contribution in [-0.4, -0.2) is 14.4 Å². The zero-order valence-corrected chi connectivity index (χ0v) is 9.87. The fourth-order valence-electron chi connectivity index (χ4n) is 0.758. The predicted octanol–water partition coefficient (Wildman–Crippen LogP) is 2.79. The molecule has 0 aliphatic rings. The third-order valence-corrected chi connectivity index (χ3v) is 3.09. The average Bonchev–Trinajstić information content (AvgIpc) is 2.46. The molecular weight excluding hydrogens is 196 g/mol. The Bertz CT molecular complexity index is 362. The summed E-state index contributed by atoms with van der Waals surface area (Å²) in [4.78, 5) is 11.5. The molecule has 1 rings (SSSR count). The fraction of sp³-hybridized carbons (Fsp3) is 0.300. The molecule has 1 aromatic rings. The lowest BCUT2D eigenvalue weighted by atomic mass is 10.3. The summed E-state index contributed by atoms with van der Waals surface area (Å²) in [7, 11) is -1.32. The third-order valence-electron chi connectivity index (χ3n) is 1.37. The normalized spacial score (nSPS) is 10.4. The summed E-state index contributed by atoms with van der Waals surface area (Å²) in [6.45, 7) is 6.57. The van der Waals surface area contributed by atoms with Crippen molar-refractivity contribution >= 4 is 25.7 Å². The van der Waals surface area contributed by atoms with Gasteiger partial charge < -0.3 is 0 Å². The van der Waals surface area contributed by atoms with Gasteiger partial charge in [0.2, 0.25) is 0 Å². The quantitative estimate of drug-likeness (QED) is 0.394. The molecule has 0 saturated heterocycles. The molecule has 0 unspecified atom stereocenters. The summed E-state index contributed by atoms with van der Waals surface area (Å²) in [5, 5.41) is 1.90. The van der Waals surface area contributed by atoms with Gasteiger partial charge in [-0.25, -0.2) is 0 Å². The Balaban J connectivity index is 2.95. The van der Waals surface area contributed by atoms with Gasteiger partial charge in [0.05, 0.1) is 4.88 Å². The average molecular weight is 208 g/mol. The van der Waals surface area contributed by atoms with Crippen molar-refractivity contribution in [1.82, 2.24) is 0 Å². The highest BCUT2D eigenvalue weighted by Crippen LogP contribution is 2.13. The Morgan fingerprint density at radius 1 is 1.46 bits per heavy atom. The highest BCUT2D eigenvalue weighted by Gasteiger charge is 2.08. The molecule has 0 aliphatic heterocycles. The van der Waals surface area contributed by atoms with Crippen LogP contribution in [0.15, 0.2) is 11.4 Å². The van der Waals surface area contributed by atoms with Crippen LogP contribution in [-0.2, 0) is 0 Å². The lowest BCUT2D eigenvalue weighted by Crippen LogP contribution is -2.16. The maximum Gasteiger partial charge on any atom is 0.152 e. The van der Waals surface area contributed by atoms with Crippen LogP contribution in [0.3, 0.4) is 0 Å². The van der Waals surface area contributed by atoms with Gasteiger partial charge in [0.15, 0.2) is 6.29 Å². The van der Waals surface area contributed by atoms with E-state index in [1.165, 1.54) is 11.3 Å². The van der Waals surface area contributed by atoms with Crippen molar-refractivity contribution in [3.8, 4) is 11.5 Å². The summed E-state index contributed by atoms with van der Waals surface area (Å²) in [6.07, 6.45) is 0.866. The summed E-state index contributed by atoms with van der Waals surface area (Å²) in [5.74, 6) is 3.08. The largest absolute Gasteiger partial charge is 0.298 e. The van der Waals surface area contributed by atoms with Crippen molar-refractivity contribution in [3.05, 3.63) is 21.9 Å². The van der Waals surface area contributed by atoms with Crippen LogP contribution in [0.5, 0.6) is 0 Å². The highest BCUT2D eigenvalue weighted by molar-refractivity contribution is 7.10. The molecule has 0 radical (unpaired) electrons. The SMILES string of the molecule is C[Si](C)(C)C#Cc1sccc1C=O. The number of aldehydes is 1. The second kappa shape index (κ2) is 3.90. The van der Waals surface area contributed by atoms with Crippen LogP contribution in [0.4, 0.5) is 0 Å². The molecule has 0 saturated carbocycles. The first-order valence-corrected chi connectivity index (χ1v) is 8.47. The Labute approximate surface area is 83.8 Å². The molecule has 3 heteroatoms. The maximum absolute atomic E-state index is 10.6. The van der Waals surface area contributed by atoms with Crippen LogP contribution in [0.25, 0.3) is 0 Å². The summed E-state index contributed by atoms with van der Waals surface area (Å²) in [5.41, 5.74) is 3.96. The molecule has 1 aromatic heterocycles. The van der Waals surface area contributed by atoms with Crippen LogP contribution in [0.1, 0.15) is 15.2 Å². The molecule has 13 heavy (non-hydrogen) atoms. The number of carbonyl (C=O) groups excluding carboxylic acids is 1. The molecule has 0 atom stereocenters. The van der Waals surface area contributed by atoms with E-state index in [9.17, 15) is 4.79 Å². The number of carbonyl (C=O) groups is 1. The standard InChI is InChI=1S/C10H12OSSi/c1-13(2,3)7-5-10-9(8-11)4-6-12-10/h4,6,8H,1-3H3. The van der Waals surface area contributed by atoms with E-state index >= 15 is 0 Å². The second-order valence-corrected chi connectivity index (χ2v) is 9.49. The van der Waals surface area contributed by atoms with Gasteiger partial charge in [0, 0.05) is 5.56 Å². The van der Waals surface area contributed by atoms with Crippen LogP contribution in [0, 0.1) is 11.5 Å². The van der Waals surface area contributed by atoms with E-state index in [2.05, 4.69) is 31.1 Å². The molecule has 0 bridgehead atoms. The Hall–Kier alpha value is -0.853. The molecule has 1 nitrogen and oxygen atoms in total. The smallest absolute Gasteiger partial charge is 0.152 e. The molecule has 0 spiro atoms. The molecule has 68 valence electrons.